The zero-order valence-corrected chi connectivity index (χ0v) is 15.4. The number of piperidine rings is 1. The summed E-state index contributed by atoms with van der Waals surface area (Å²) >= 11 is 0. The number of carbonyl (C=O) groups excluding carboxylic acids is 2. The lowest BCUT2D eigenvalue weighted by Gasteiger charge is -2.31. The fourth-order valence-corrected chi connectivity index (χ4v) is 3.43. The van der Waals surface area contributed by atoms with E-state index in [4.69, 9.17) is 9.47 Å². The molecule has 2 saturated heterocycles. The highest BCUT2D eigenvalue weighted by Crippen LogP contribution is 2.19. The molecule has 0 spiro atoms. The van der Waals surface area contributed by atoms with Crippen molar-refractivity contribution in [3.05, 3.63) is 29.8 Å². The molecular weight excluding hydrogens is 332 g/mol. The summed E-state index contributed by atoms with van der Waals surface area (Å²) in [5.74, 6) is 0.748. The second-order valence-corrected chi connectivity index (χ2v) is 7.14. The number of nitrogens with zero attached hydrogens (tertiary/aromatic N) is 1. The van der Waals surface area contributed by atoms with Gasteiger partial charge in [-0.15, -0.1) is 0 Å². The molecule has 2 aliphatic heterocycles. The largest absolute Gasteiger partial charge is 0.484 e. The molecule has 0 bridgehead atoms. The van der Waals surface area contributed by atoms with Crippen LogP contribution >= 0.6 is 0 Å². The number of ether oxygens (including phenoxy) is 2. The Labute approximate surface area is 154 Å². The van der Waals surface area contributed by atoms with E-state index >= 15 is 0 Å². The molecule has 26 heavy (non-hydrogen) atoms. The molecule has 1 N–H and O–H groups in total. The van der Waals surface area contributed by atoms with Gasteiger partial charge in [-0.1, -0.05) is 17.7 Å². The molecule has 6 nitrogen and oxygen atoms in total. The maximum Gasteiger partial charge on any atom is 0.260 e. The first-order valence-corrected chi connectivity index (χ1v) is 9.48. The van der Waals surface area contributed by atoms with Gasteiger partial charge in [-0.2, -0.15) is 0 Å². The number of likely N-dealkylation sites (tertiary alicyclic amines) is 1. The molecule has 1 atom stereocenters. The van der Waals surface area contributed by atoms with Crippen LogP contribution in [0.3, 0.4) is 0 Å². The van der Waals surface area contributed by atoms with Crippen molar-refractivity contribution < 1.29 is 19.1 Å². The molecule has 1 aromatic rings. The first-order valence-electron chi connectivity index (χ1n) is 9.48. The van der Waals surface area contributed by atoms with Gasteiger partial charge in [0.05, 0.1) is 6.10 Å². The van der Waals surface area contributed by atoms with E-state index in [9.17, 15) is 9.59 Å². The predicted molar refractivity (Wildman–Crippen MR) is 98.0 cm³/mol. The van der Waals surface area contributed by atoms with Gasteiger partial charge >= 0.3 is 0 Å². The van der Waals surface area contributed by atoms with Crippen LogP contribution < -0.4 is 10.1 Å². The second kappa shape index (κ2) is 9.03. The van der Waals surface area contributed by atoms with Crippen molar-refractivity contribution in [3.63, 3.8) is 0 Å². The molecule has 0 aromatic heterocycles. The van der Waals surface area contributed by atoms with Gasteiger partial charge in [0, 0.05) is 32.2 Å². The average Bonchev–Trinajstić information content (AvgIpc) is 3.19. The molecular formula is C20H28N2O4. The fourth-order valence-electron chi connectivity index (χ4n) is 3.43. The molecule has 1 unspecified atom stereocenters. The van der Waals surface area contributed by atoms with Crippen molar-refractivity contribution in [1.82, 2.24) is 10.2 Å². The highest BCUT2D eigenvalue weighted by molar-refractivity contribution is 5.80. The first kappa shape index (κ1) is 18.7. The lowest BCUT2D eigenvalue weighted by Crippen LogP contribution is -2.45. The molecule has 0 aliphatic carbocycles. The third kappa shape index (κ3) is 5.21. The van der Waals surface area contributed by atoms with Gasteiger partial charge in [-0.05, 0) is 44.7 Å². The molecule has 3 rings (SSSR count). The van der Waals surface area contributed by atoms with E-state index in [-0.39, 0.29) is 30.4 Å². The van der Waals surface area contributed by atoms with Crippen molar-refractivity contribution in [3.8, 4) is 5.75 Å². The van der Waals surface area contributed by atoms with E-state index in [1.54, 1.807) is 4.90 Å². The highest BCUT2D eigenvalue weighted by atomic mass is 16.5. The monoisotopic (exact) mass is 360 g/mol. The summed E-state index contributed by atoms with van der Waals surface area (Å²) < 4.78 is 11.1. The molecule has 6 heteroatoms. The summed E-state index contributed by atoms with van der Waals surface area (Å²) in [7, 11) is 0. The Kier molecular flexibility index (Phi) is 6.50. The fraction of sp³-hybridized carbons (Fsp3) is 0.600. The van der Waals surface area contributed by atoms with Crippen LogP contribution in [0.25, 0.3) is 0 Å². The Balaban J connectivity index is 1.36. The molecule has 2 aliphatic rings. The van der Waals surface area contributed by atoms with E-state index in [0.717, 1.165) is 25.0 Å². The normalized spacial score (nSPS) is 20.8. The minimum absolute atomic E-state index is 0.0153. The van der Waals surface area contributed by atoms with Crippen LogP contribution in [0.4, 0.5) is 0 Å². The number of rotatable bonds is 6. The molecule has 1 aromatic carbocycles. The standard InChI is InChI=1S/C20H28N2O4/c1-15-4-6-17(7-5-15)26-14-19(23)22-10-8-16(9-11-22)20(24)21-13-18-3-2-12-25-18/h4-7,16,18H,2-3,8-14H2,1H3,(H,21,24). The van der Waals surface area contributed by atoms with Crippen molar-refractivity contribution in [2.45, 2.75) is 38.7 Å². The molecule has 2 heterocycles. The van der Waals surface area contributed by atoms with Gasteiger partial charge in [-0.3, -0.25) is 9.59 Å². The van der Waals surface area contributed by atoms with E-state index in [1.165, 1.54) is 0 Å². The topological polar surface area (TPSA) is 67.9 Å². The summed E-state index contributed by atoms with van der Waals surface area (Å²) in [6.07, 6.45) is 3.67. The Morgan fingerprint density at radius 3 is 2.58 bits per heavy atom. The highest BCUT2D eigenvalue weighted by Gasteiger charge is 2.28. The first-order chi connectivity index (χ1) is 12.6. The number of aryl methyl sites for hydroxylation is 1. The SMILES string of the molecule is Cc1ccc(OCC(=O)N2CCC(C(=O)NCC3CCCO3)CC2)cc1. The second-order valence-electron chi connectivity index (χ2n) is 7.14. The number of nitrogens with one attached hydrogen (secondary N) is 1. The zero-order valence-electron chi connectivity index (χ0n) is 15.4. The summed E-state index contributed by atoms with van der Waals surface area (Å²) in [5.41, 5.74) is 1.16. The Morgan fingerprint density at radius 1 is 1.19 bits per heavy atom. The third-order valence-corrected chi connectivity index (χ3v) is 5.13. The van der Waals surface area contributed by atoms with Crippen LogP contribution in [-0.4, -0.2) is 55.7 Å². The number of benzene rings is 1. The molecule has 2 fully saturated rings. The van der Waals surface area contributed by atoms with Gasteiger partial charge in [0.25, 0.3) is 5.91 Å². The predicted octanol–water partition coefficient (Wildman–Crippen LogP) is 1.91. The third-order valence-electron chi connectivity index (χ3n) is 5.13. The summed E-state index contributed by atoms with van der Waals surface area (Å²) in [6, 6.07) is 7.65. The molecule has 0 saturated carbocycles. The van der Waals surface area contributed by atoms with E-state index in [2.05, 4.69) is 5.32 Å². The maximum atomic E-state index is 12.3. The minimum Gasteiger partial charge on any atom is -0.484 e. The lowest BCUT2D eigenvalue weighted by atomic mass is 9.96. The van der Waals surface area contributed by atoms with Crippen LogP contribution in [0, 0.1) is 12.8 Å². The van der Waals surface area contributed by atoms with Crippen LogP contribution in [0.2, 0.25) is 0 Å². The lowest BCUT2D eigenvalue weighted by molar-refractivity contribution is -0.137. The van der Waals surface area contributed by atoms with Crippen molar-refractivity contribution in [2.24, 2.45) is 5.92 Å². The number of carbonyl (C=O) groups is 2. The van der Waals surface area contributed by atoms with Crippen molar-refractivity contribution in [2.75, 3.05) is 32.8 Å². The molecule has 0 radical (unpaired) electrons. The molecule has 142 valence electrons. The van der Waals surface area contributed by atoms with Gasteiger partial charge in [0.1, 0.15) is 5.75 Å². The summed E-state index contributed by atoms with van der Waals surface area (Å²) in [6.45, 7) is 4.66. The van der Waals surface area contributed by atoms with Crippen LogP contribution in [0.15, 0.2) is 24.3 Å². The van der Waals surface area contributed by atoms with Gasteiger partial charge in [-0.25, -0.2) is 0 Å². The smallest absolute Gasteiger partial charge is 0.260 e. The van der Waals surface area contributed by atoms with Crippen LogP contribution in [-0.2, 0) is 14.3 Å². The number of hydrogen-bond donors (Lipinski definition) is 1. The summed E-state index contributed by atoms with van der Waals surface area (Å²) in [5, 5.41) is 3.00. The van der Waals surface area contributed by atoms with Gasteiger partial charge in [0.2, 0.25) is 5.91 Å². The Hall–Kier alpha value is -2.08. The van der Waals surface area contributed by atoms with Crippen molar-refractivity contribution in [1.29, 1.82) is 0 Å². The number of hydrogen-bond acceptors (Lipinski definition) is 4. The summed E-state index contributed by atoms with van der Waals surface area (Å²) in [4.78, 5) is 26.4. The maximum absolute atomic E-state index is 12.3. The van der Waals surface area contributed by atoms with E-state index < -0.39 is 0 Å². The van der Waals surface area contributed by atoms with E-state index in [1.807, 2.05) is 31.2 Å². The Bertz CT molecular complexity index is 603. The quantitative estimate of drug-likeness (QED) is 0.841. The van der Waals surface area contributed by atoms with Crippen molar-refractivity contribution >= 4 is 11.8 Å². The van der Waals surface area contributed by atoms with Gasteiger partial charge < -0.3 is 19.7 Å². The Morgan fingerprint density at radius 2 is 1.92 bits per heavy atom. The van der Waals surface area contributed by atoms with Gasteiger partial charge in [0.15, 0.2) is 6.61 Å². The minimum atomic E-state index is -0.0243. The number of amides is 2. The van der Waals surface area contributed by atoms with Crippen LogP contribution in [0.1, 0.15) is 31.2 Å². The molecule has 2 amide bonds. The zero-order chi connectivity index (χ0) is 18.4. The average molecular weight is 360 g/mol. The van der Waals surface area contributed by atoms with Crippen LogP contribution in [0.5, 0.6) is 5.75 Å². The van der Waals surface area contributed by atoms with E-state index in [0.29, 0.717) is 38.2 Å².